The number of benzene rings is 1. The second-order valence-corrected chi connectivity index (χ2v) is 5.55. The van der Waals surface area contributed by atoms with Crippen LogP contribution in [0.25, 0.3) is 0 Å². The molecule has 0 radical (unpaired) electrons. The van der Waals surface area contributed by atoms with E-state index in [4.69, 9.17) is 0 Å². The minimum atomic E-state index is -0.121. The lowest BCUT2D eigenvalue weighted by atomic mass is 9.82. The summed E-state index contributed by atoms with van der Waals surface area (Å²) < 4.78 is 13.4. The summed E-state index contributed by atoms with van der Waals surface area (Å²) in [5.74, 6) is 0.333. The van der Waals surface area contributed by atoms with Crippen LogP contribution < -0.4 is 5.32 Å². The molecule has 1 heterocycles. The zero-order valence-corrected chi connectivity index (χ0v) is 9.60. The zero-order valence-electron chi connectivity index (χ0n) is 9.60. The Hall–Kier alpha value is -1.05. The van der Waals surface area contributed by atoms with Crippen LogP contribution in [0.3, 0.4) is 0 Å². The zero-order chi connectivity index (χ0) is 11.1. The third-order valence-corrected chi connectivity index (χ3v) is 2.87. The summed E-state index contributed by atoms with van der Waals surface area (Å²) in [4.78, 5) is 0. The van der Waals surface area contributed by atoms with E-state index in [2.05, 4.69) is 26.1 Å². The van der Waals surface area contributed by atoms with Crippen LogP contribution in [0, 0.1) is 11.2 Å². The van der Waals surface area contributed by atoms with Gasteiger partial charge < -0.3 is 5.32 Å². The number of rotatable bonds is 1. The van der Waals surface area contributed by atoms with E-state index in [0.29, 0.717) is 17.0 Å². The molecule has 0 saturated heterocycles. The molecule has 1 atom stereocenters. The van der Waals surface area contributed by atoms with Gasteiger partial charge in [0.25, 0.3) is 0 Å². The Labute approximate surface area is 90.7 Å². The summed E-state index contributed by atoms with van der Waals surface area (Å²) in [7, 11) is 0. The molecule has 15 heavy (non-hydrogen) atoms. The molecule has 1 aliphatic heterocycles. The van der Waals surface area contributed by atoms with E-state index >= 15 is 0 Å². The summed E-state index contributed by atoms with van der Waals surface area (Å²) in [6.07, 6.45) is 1.09. The maximum Gasteiger partial charge on any atom is 0.146 e. The van der Waals surface area contributed by atoms with Crippen LogP contribution in [-0.2, 0) is 0 Å². The Kier molecular flexibility index (Phi) is 2.45. The van der Waals surface area contributed by atoms with Crippen molar-refractivity contribution in [3.05, 3.63) is 29.6 Å². The quantitative estimate of drug-likeness (QED) is 0.739. The summed E-state index contributed by atoms with van der Waals surface area (Å²) in [5.41, 5.74) is 2.15. The SMILES string of the molecule is CC(C)(C)CC1CNc2c(F)cccc21. The van der Waals surface area contributed by atoms with Gasteiger partial charge in [0.05, 0.1) is 5.69 Å². The van der Waals surface area contributed by atoms with E-state index in [9.17, 15) is 4.39 Å². The van der Waals surface area contributed by atoms with E-state index in [1.165, 1.54) is 6.07 Å². The van der Waals surface area contributed by atoms with Gasteiger partial charge in [-0.2, -0.15) is 0 Å². The number of anilines is 1. The molecule has 1 aliphatic rings. The molecule has 1 nitrogen and oxygen atoms in total. The molecule has 0 amide bonds. The van der Waals surface area contributed by atoms with Crippen LogP contribution in [-0.4, -0.2) is 6.54 Å². The van der Waals surface area contributed by atoms with Crippen molar-refractivity contribution in [2.45, 2.75) is 33.1 Å². The summed E-state index contributed by atoms with van der Waals surface area (Å²) in [5, 5.41) is 3.17. The Bertz CT molecular complexity index is 365. The Morgan fingerprint density at radius 2 is 2.13 bits per heavy atom. The van der Waals surface area contributed by atoms with Crippen molar-refractivity contribution in [3.8, 4) is 0 Å². The molecule has 2 rings (SSSR count). The number of hydrogen-bond acceptors (Lipinski definition) is 1. The smallest absolute Gasteiger partial charge is 0.146 e. The standard InChI is InChI=1S/C13H18FN/c1-13(2,3)7-9-8-15-12-10(9)5-4-6-11(12)14/h4-6,9,15H,7-8H2,1-3H3. The summed E-state index contributed by atoms with van der Waals surface area (Å²) in [6.45, 7) is 7.55. The van der Waals surface area contributed by atoms with Gasteiger partial charge in [-0.05, 0) is 23.5 Å². The maximum atomic E-state index is 13.4. The molecule has 1 N–H and O–H groups in total. The Balaban J connectivity index is 2.26. The predicted molar refractivity (Wildman–Crippen MR) is 61.7 cm³/mol. The lowest BCUT2D eigenvalue weighted by molar-refractivity contribution is 0.348. The van der Waals surface area contributed by atoms with Crippen LogP contribution in [0.15, 0.2) is 18.2 Å². The van der Waals surface area contributed by atoms with Gasteiger partial charge in [0.15, 0.2) is 0 Å². The molecule has 0 aromatic heterocycles. The number of para-hydroxylation sites is 1. The van der Waals surface area contributed by atoms with Crippen LogP contribution in [0.5, 0.6) is 0 Å². The van der Waals surface area contributed by atoms with Crippen molar-refractivity contribution in [2.24, 2.45) is 5.41 Å². The fourth-order valence-electron chi connectivity index (χ4n) is 2.32. The van der Waals surface area contributed by atoms with Crippen LogP contribution in [0.1, 0.15) is 38.7 Å². The molecule has 0 saturated carbocycles. The van der Waals surface area contributed by atoms with E-state index in [-0.39, 0.29) is 5.82 Å². The first-order valence-electron chi connectivity index (χ1n) is 5.50. The summed E-state index contributed by atoms with van der Waals surface area (Å²) >= 11 is 0. The highest BCUT2D eigenvalue weighted by molar-refractivity contribution is 5.58. The maximum absolute atomic E-state index is 13.4. The first-order chi connectivity index (χ1) is 6.97. The Morgan fingerprint density at radius 1 is 1.40 bits per heavy atom. The predicted octanol–water partition coefficient (Wildman–Crippen LogP) is 3.77. The van der Waals surface area contributed by atoms with Gasteiger partial charge in [-0.1, -0.05) is 32.9 Å². The van der Waals surface area contributed by atoms with Crippen LogP contribution in [0.4, 0.5) is 10.1 Å². The fourth-order valence-corrected chi connectivity index (χ4v) is 2.32. The van der Waals surface area contributed by atoms with E-state index in [1.54, 1.807) is 6.07 Å². The van der Waals surface area contributed by atoms with Gasteiger partial charge in [-0.25, -0.2) is 4.39 Å². The first-order valence-corrected chi connectivity index (χ1v) is 5.50. The number of halogens is 1. The minimum Gasteiger partial charge on any atom is -0.382 e. The Morgan fingerprint density at radius 3 is 2.80 bits per heavy atom. The second-order valence-electron chi connectivity index (χ2n) is 5.55. The lowest BCUT2D eigenvalue weighted by Crippen LogP contribution is -2.13. The molecule has 0 aliphatic carbocycles. The normalized spacial score (nSPS) is 19.9. The molecular formula is C13H18FN. The molecule has 0 bridgehead atoms. The summed E-state index contributed by atoms with van der Waals surface area (Å²) in [6, 6.07) is 5.36. The lowest BCUT2D eigenvalue weighted by Gasteiger charge is -2.22. The van der Waals surface area contributed by atoms with E-state index < -0.39 is 0 Å². The molecular weight excluding hydrogens is 189 g/mol. The van der Waals surface area contributed by atoms with Gasteiger partial charge in [-0.3, -0.25) is 0 Å². The van der Waals surface area contributed by atoms with Gasteiger partial charge >= 0.3 is 0 Å². The highest BCUT2D eigenvalue weighted by Gasteiger charge is 2.28. The molecule has 82 valence electrons. The molecule has 1 aromatic rings. The van der Waals surface area contributed by atoms with Crippen LogP contribution >= 0.6 is 0 Å². The molecule has 1 unspecified atom stereocenters. The minimum absolute atomic E-state index is 0.121. The van der Waals surface area contributed by atoms with Crippen molar-refractivity contribution >= 4 is 5.69 Å². The third-order valence-electron chi connectivity index (χ3n) is 2.87. The topological polar surface area (TPSA) is 12.0 Å². The highest BCUT2D eigenvalue weighted by Crippen LogP contribution is 2.39. The van der Waals surface area contributed by atoms with Crippen molar-refractivity contribution in [3.63, 3.8) is 0 Å². The molecule has 1 aromatic carbocycles. The van der Waals surface area contributed by atoms with Crippen molar-refractivity contribution in [1.29, 1.82) is 0 Å². The molecule has 0 fully saturated rings. The average Bonchev–Trinajstić information content (AvgIpc) is 2.48. The van der Waals surface area contributed by atoms with Gasteiger partial charge in [0, 0.05) is 12.5 Å². The average molecular weight is 207 g/mol. The van der Waals surface area contributed by atoms with E-state index in [0.717, 1.165) is 18.5 Å². The highest BCUT2D eigenvalue weighted by atomic mass is 19.1. The van der Waals surface area contributed by atoms with E-state index in [1.807, 2.05) is 6.07 Å². The van der Waals surface area contributed by atoms with Gasteiger partial charge in [0.1, 0.15) is 5.82 Å². The second kappa shape index (κ2) is 3.51. The monoisotopic (exact) mass is 207 g/mol. The first kappa shape index (κ1) is 10.5. The third kappa shape index (κ3) is 2.14. The van der Waals surface area contributed by atoms with Crippen molar-refractivity contribution < 1.29 is 4.39 Å². The van der Waals surface area contributed by atoms with Crippen molar-refractivity contribution in [2.75, 3.05) is 11.9 Å². The largest absolute Gasteiger partial charge is 0.382 e. The number of nitrogens with one attached hydrogen (secondary N) is 1. The van der Waals surface area contributed by atoms with Gasteiger partial charge in [-0.15, -0.1) is 0 Å². The number of fused-ring (bicyclic) bond motifs is 1. The number of hydrogen-bond donors (Lipinski definition) is 1. The van der Waals surface area contributed by atoms with Gasteiger partial charge in [0.2, 0.25) is 0 Å². The fraction of sp³-hybridized carbons (Fsp3) is 0.538. The van der Waals surface area contributed by atoms with Crippen molar-refractivity contribution in [1.82, 2.24) is 0 Å². The van der Waals surface area contributed by atoms with Crippen LogP contribution in [0.2, 0.25) is 0 Å². The molecule has 0 spiro atoms. The molecule has 2 heteroatoms.